The van der Waals surface area contributed by atoms with Gasteiger partial charge in [-0.1, -0.05) is 150 Å². The molecule has 42 heavy (non-hydrogen) atoms. The second-order valence-electron chi connectivity index (χ2n) is 12.9. The zero-order chi connectivity index (χ0) is 30.2. The molecule has 0 aliphatic heterocycles. The first-order valence-corrected chi connectivity index (χ1v) is 18.4. The van der Waals surface area contributed by atoms with Gasteiger partial charge in [0.1, 0.15) is 11.9 Å². The monoisotopic (exact) mass is 597 g/mol. The van der Waals surface area contributed by atoms with Crippen LogP contribution in [0.25, 0.3) is 0 Å². The molecule has 0 bridgehead atoms. The highest BCUT2D eigenvalue weighted by atomic mass is 16.5. The molecule has 0 aliphatic rings. The van der Waals surface area contributed by atoms with Crippen molar-refractivity contribution in [1.29, 1.82) is 0 Å². The average molecular weight is 597 g/mol. The average Bonchev–Trinajstić information content (AvgIpc) is 2.95. The first-order chi connectivity index (χ1) is 20.0. The Hall–Kier alpha value is -0.900. The summed E-state index contributed by atoms with van der Waals surface area (Å²) in [6.45, 7) is 6.15. The predicted molar refractivity (Wildman–Crippen MR) is 183 cm³/mol. The van der Waals surface area contributed by atoms with E-state index in [9.17, 15) is 14.7 Å². The molecule has 4 heteroatoms. The van der Waals surface area contributed by atoms with Gasteiger partial charge in [-0.15, -0.1) is 0 Å². The number of aliphatic hydroxyl groups excluding tert-OH is 1. The van der Waals surface area contributed by atoms with E-state index in [1.54, 1.807) is 6.92 Å². The van der Waals surface area contributed by atoms with Gasteiger partial charge >= 0.3 is 5.97 Å². The summed E-state index contributed by atoms with van der Waals surface area (Å²) < 4.78 is 5.96. The van der Waals surface area contributed by atoms with Crippen molar-refractivity contribution in [2.45, 2.75) is 233 Å². The molecule has 0 spiro atoms. The second-order valence-corrected chi connectivity index (χ2v) is 12.9. The van der Waals surface area contributed by atoms with E-state index in [2.05, 4.69) is 13.8 Å². The molecule has 252 valence electrons. The summed E-state index contributed by atoms with van der Waals surface area (Å²) in [7, 11) is 0. The molecule has 0 aromatic carbocycles. The Morgan fingerprint density at radius 3 is 1.24 bits per heavy atom. The van der Waals surface area contributed by atoms with Crippen molar-refractivity contribution in [3.8, 4) is 0 Å². The van der Waals surface area contributed by atoms with E-state index in [1.165, 1.54) is 122 Å². The van der Waals surface area contributed by atoms with E-state index in [0.29, 0.717) is 12.2 Å². The molecule has 4 nitrogen and oxygen atoms in total. The second kappa shape index (κ2) is 34.6. The number of hydrogen-bond acceptors (Lipinski definition) is 4. The fraction of sp³-hybridized carbons (Fsp3) is 0.947. The molecular formula is C38H76O4. The van der Waals surface area contributed by atoms with Crippen LogP contribution in [0.2, 0.25) is 0 Å². The number of ketones is 1. The number of rotatable bonds is 33. The third-order valence-electron chi connectivity index (χ3n) is 8.54. The molecule has 2 atom stereocenters. The highest BCUT2D eigenvalue weighted by Crippen LogP contribution is 2.19. The Morgan fingerprint density at radius 2 is 0.833 bits per heavy atom. The summed E-state index contributed by atoms with van der Waals surface area (Å²) >= 11 is 0. The minimum atomic E-state index is -0.0897. The number of carbonyl (C=O) groups is 2. The quantitative estimate of drug-likeness (QED) is 0.0604. The largest absolute Gasteiger partial charge is 0.462 e. The molecule has 0 saturated heterocycles. The standard InChI is InChI=1S/C37H72O4.CH4/c1-4-6-8-23-29-35(39)30-24-19-15-11-13-17-21-27-33-37(40)41-36(31-25-9-7-5-2)32-26-20-16-12-10-14-18-22-28-34(3)38;/h35-36,39H,4-33H2,1-3H3;1H4. The van der Waals surface area contributed by atoms with Gasteiger partial charge in [-0.3, -0.25) is 4.79 Å². The number of carbonyl (C=O) groups excluding carboxylic acids is 2. The Morgan fingerprint density at radius 1 is 0.500 bits per heavy atom. The van der Waals surface area contributed by atoms with E-state index in [0.717, 1.165) is 64.2 Å². The Labute approximate surface area is 263 Å². The van der Waals surface area contributed by atoms with Crippen molar-refractivity contribution in [3.05, 3.63) is 0 Å². The van der Waals surface area contributed by atoms with Crippen molar-refractivity contribution >= 4 is 11.8 Å². The predicted octanol–water partition coefficient (Wildman–Crippen LogP) is 12.2. The molecule has 1 N–H and O–H groups in total. The van der Waals surface area contributed by atoms with Crippen LogP contribution in [-0.4, -0.2) is 29.1 Å². The first kappa shape index (κ1) is 43.2. The lowest BCUT2D eigenvalue weighted by Crippen LogP contribution is -2.18. The van der Waals surface area contributed by atoms with Crippen LogP contribution in [0.15, 0.2) is 0 Å². The lowest BCUT2D eigenvalue weighted by molar-refractivity contribution is -0.150. The summed E-state index contributed by atoms with van der Waals surface area (Å²) in [6, 6.07) is 0. The molecule has 0 amide bonds. The van der Waals surface area contributed by atoms with Crippen LogP contribution < -0.4 is 0 Å². The van der Waals surface area contributed by atoms with Crippen LogP contribution >= 0.6 is 0 Å². The third kappa shape index (κ3) is 33.6. The number of hydrogen-bond donors (Lipinski definition) is 1. The van der Waals surface area contributed by atoms with Crippen LogP contribution in [0.4, 0.5) is 0 Å². The number of unbranched alkanes of at least 4 members (excludes halogenated alkanes) is 20. The van der Waals surface area contributed by atoms with Gasteiger partial charge in [-0.25, -0.2) is 0 Å². The summed E-state index contributed by atoms with van der Waals surface area (Å²) in [5.74, 6) is 0.331. The van der Waals surface area contributed by atoms with E-state index in [4.69, 9.17) is 4.74 Å². The molecule has 0 fully saturated rings. The minimum absolute atomic E-state index is 0. The Kier molecular flexibility index (Phi) is 35.6. The van der Waals surface area contributed by atoms with Gasteiger partial charge in [0.05, 0.1) is 6.10 Å². The van der Waals surface area contributed by atoms with Crippen molar-refractivity contribution < 1.29 is 19.4 Å². The van der Waals surface area contributed by atoms with Gasteiger partial charge in [-0.2, -0.15) is 0 Å². The topological polar surface area (TPSA) is 63.6 Å². The maximum absolute atomic E-state index is 12.5. The summed E-state index contributed by atoms with van der Waals surface area (Å²) in [4.78, 5) is 23.5. The zero-order valence-electron chi connectivity index (χ0n) is 28.0. The van der Waals surface area contributed by atoms with Crippen LogP contribution in [0.3, 0.4) is 0 Å². The van der Waals surface area contributed by atoms with E-state index in [1.807, 2.05) is 0 Å². The number of esters is 1. The van der Waals surface area contributed by atoms with Crippen molar-refractivity contribution in [1.82, 2.24) is 0 Å². The maximum atomic E-state index is 12.5. The number of Topliss-reactive ketones (excluding diaryl/α,β-unsaturated/α-hetero) is 1. The fourth-order valence-corrected chi connectivity index (χ4v) is 5.77. The lowest BCUT2D eigenvalue weighted by atomic mass is 10.0. The van der Waals surface area contributed by atoms with Crippen molar-refractivity contribution in [2.75, 3.05) is 0 Å². The van der Waals surface area contributed by atoms with Gasteiger partial charge in [0.25, 0.3) is 0 Å². The van der Waals surface area contributed by atoms with Gasteiger partial charge in [0.15, 0.2) is 0 Å². The van der Waals surface area contributed by atoms with E-state index < -0.39 is 0 Å². The summed E-state index contributed by atoms with van der Waals surface area (Å²) in [5.41, 5.74) is 0. The molecule has 0 aromatic rings. The maximum Gasteiger partial charge on any atom is 0.306 e. The van der Waals surface area contributed by atoms with E-state index in [-0.39, 0.29) is 25.6 Å². The van der Waals surface area contributed by atoms with Crippen molar-refractivity contribution in [3.63, 3.8) is 0 Å². The molecule has 0 aromatic heterocycles. The van der Waals surface area contributed by atoms with Gasteiger partial charge in [0.2, 0.25) is 0 Å². The molecule has 0 radical (unpaired) electrons. The molecular weight excluding hydrogens is 520 g/mol. The van der Waals surface area contributed by atoms with Crippen LogP contribution in [0.1, 0.15) is 221 Å². The minimum Gasteiger partial charge on any atom is -0.462 e. The Bertz CT molecular complexity index is 561. The summed E-state index contributed by atoms with van der Waals surface area (Å²) in [5, 5.41) is 10.1. The van der Waals surface area contributed by atoms with E-state index >= 15 is 0 Å². The van der Waals surface area contributed by atoms with Crippen LogP contribution in [0, 0.1) is 0 Å². The normalized spacial score (nSPS) is 12.6. The highest BCUT2D eigenvalue weighted by Gasteiger charge is 2.14. The van der Waals surface area contributed by atoms with Crippen LogP contribution in [0.5, 0.6) is 0 Å². The van der Waals surface area contributed by atoms with Crippen molar-refractivity contribution in [2.24, 2.45) is 0 Å². The summed E-state index contributed by atoms with van der Waals surface area (Å²) in [6.07, 6.45) is 34.4. The zero-order valence-corrected chi connectivity index (χ0v) is 28.0. The first-order valence-electron chi connectivity index (χ1n) is 18.4. The molecule has 0 saturated carbocycles. The molecule has 0 heterocycles. The SMILES string of the molecule is C.CCCCCCC(O)CCCCCCCCCCC(=O)OC(CCCCCC)CCCCCCCCCCC(C)=O. The molecule has 0 aliphatic carbocycles. The fourth-order valence-electron chi connectivity index (χ4n) is 5.77. The van der Waals surface area contributed by atoms with Gasteiger partial charge < -0.3 is 14.6 Å². The molecule has 2 unspecified atom stereocenters. The lowest BCUT2D eigenvalue weighted by Gasteiger charge is -2.18. The highest BCUT2D eigenvalue weighted by molar-refractivity contribution is 5.75. The third-order valence-corrected chi connectivity index (χ3v) is 8.54. The Balaban J connectivity index is 0. The number of aliphatic hydroxyl groups is 1. The van der Waals surface area contributed by atoms with Gasteiger partial charge in [0, 0.05) is 12.8 Å². The smallest absolute Gasteiger partial charge is 0.306 e. The van der Waals surface area contributed by atoms with Crippen LogP contribution in [-0.2, 0) is 14.3 Å². The van der Waals surface area contributed by atoms with Gasteiger partial charge in [-0.05, 0) is 58.3 Å². The number of ether oxygens (including phenoxy) is 1. The molecule has 0 rings (SSSR count).